The molecule has 1 rings (SSSR count). The summed E-state index contributed by atoms with van der Waals surface area (Å²) in [7, 11) is 3.74. The van der Waals surface area contributed by atoms with E-state index in [2.05, 4.69) is 10.3 Å². The summed E-state index contributed by atoms with van der Waals surface area (Å²) in [6.07, 6.45) is 2.07. The molecule has 1 heterocycles. The first kappa shape index (κ1) is 16.7. The van der Waals surface area contributed by atoms with Crippen molar-refractivity contribution in [3.63, 3.8) is 0 Å². The molecule has 20 heavy (non-hydrogen) atoms. The highest BCUT2D eigenvalue weighted by Gasteiger charge is 2.16. The fraction of sp³-hybridized carbons (Fsp3) is 0.692. The van der Waals surface area contributed by atoms with E-state index in [1.165, 1.54) is 11.3 Å². The Bertz CT molecular complexity index is 432. The van der Waals surface area contributed by atoms with E-state index in [1.54, 1.807) is 0 Å². The second-order valence-electron chi connectivity index (χ2n) is 4.99. The van der Waals surface area contributed by atoms with Gasteiger partial charge in [0.15, 0.2) is 5.13 Å². The molecule has 0 aliphatic heterocycles. The van der Waals surface area contributed by atoms with Crippen molar-refractivity contribution in [2.75, 3.05) is 37.9 Å². The molecular weight excluding hydrogens is 276 g/mol. The molecule has 1 aromatic rings. The number of ether oxygens (including phenoxy) is 1. The number of hydrogen-bond acceptors (Lipinski definition) is 6. The Kier molecular flexibility index (Phi) is 6.74. The van der Waals surface area contributed by atoms with Crippen LogP contribution >= 0.6 is 11.3 Å². The Balaban J connectivity index is 2.32. The minimum atomic E-state index is -0.155. The van der Waals surface area contributed by atoms with E-state index < -0.39 is 0 Å². The highest BCUT2D eigenvalue weighted by atomic mass is 32.1. The van der Waals surface area contributed by atoms with E-state index >= 15 is 0 Å². The third-order valence-electron chi connectivity index (χ3n) is 2.54. The molecule has 0 saturated heterocycles. The molecule has 1 amide bonds. The summed E-state index contributed by atoms with van der Waals surface area (Å²) in [4.78, 5) is 18.4. The number of rotatable bonds is 8. The minimum absolute atomic E-state index is 0.155. The maximum absolute atomic E-state index is 12.0. The fourth-order valence-electron chi connectivity index (χ4n) is 1.50. The average Bonchev–Trinajstić information content (AvgIpc) is 2.75. The Hall–Kier alpha value is -1.34. The van der Waals surface area contributed by atoms with Gasteiger partial charge in [-0.2, -0.15) is 0 Å². The van der Waals surface area contributed by atoms with Crippen LogP contribution in [0.1, 0.15) is 36.4 Å². The van der Waals surface area contributed by atoms with Gasteiger partial charge in [-0.05, 0) is 26.7 Å². The van der Waals surface area contributed by atoms with Crippen LogP contribution in [0, 0.1) is 0 Å². The van der Waals surface area contributed by atoms with Crippen LogP contribution in [0.15, 0.2) is 0 Å². The third kappa shape index (κ3) is 5.34. The summed E-state index contributed by atoms with van der Waals surface area (Å²) >= 11 is 1.30. The molecule has 1 aromatic heterocycles. The van der Waals surface area contributed by atoms with Crippen molar-refractivity contribution in [2.45, 2.75) is 32.8 Å². The molecule has 0 aromatic carbocycles. The predicted molar refractivity (Wildman–Crippen MR) is 83.5 cm³/mol. The summed E-state index contributed by atoms with van der Waals surface area (Å²) in [6.45, 7) is 5.36. The van der Waals surface area contributed by atoms with Crippen LogP contribution in [0.25, 0.3) is 0 Å². The average molecular weight is 300 g/mol. The van der Waals surface area contributed by atoms with Crippen molar-refractivity contribution in [1.82, 2.24) is 10.3 Å². The summed E-state index contributed by atoms with van der Waals surface area (Å²) in [5.74, 6) is 0.136. The van der Waals surface area contributed by atoms with Gasteiger partial charge < -0.3 is 20.7 Å². The van der Waals surface area contributed by atoms with Gasteiger partial charge in [0.1, 0.15) is 10.7 Å². The predicted octanol–water partition coefficient (Wildman–Crippen LogP) is 1.73. The molecule has 3 N–H and O–H groups in total. The van der Waals surface area contributed by atoms with E-state index in [1.807, 2.05) is 32.8 Å². The van der Waals surface area contributed by atoms with Gasteiger partial charge in [-0.15, -0.1) is 0 Å². The Morgan fingerprint density at radius 2 is 2.15 bits per heavy atom. The number of thiazole rings is 1. The van der Waals surface area contributed by atoms with E-state index in [4.69, 9.17) is 10.5 Å². The Labute approximate surface area is 124 Å². The minimum Gasteiger partial charge on any atom is -0.382 e. The Morgan fingerprint density at radius 3 is 2.70 bits per heavy atom. The molecule has 0 saturated carbocycles. The van der Waals surface area contributed by atoms with Crippen LogP contribution in [0.2, 0.25) is 0 Å². The van der Waals surface area contributed by atoms with Crippen LogP contribution < -0.4 is 16.0 Å². The molecule has 114 valence electrons. The van der Waals surface area contributed by atoms with Crippen LogP contribution in [0.4, 0.5) is 10.9 Å². The number of nitrogens with one attached hydrogen (secondary N) is 1. The van der Waals surface area contributed by atoms with Crippen molar-refractivity contribution < 1.29 is 9.53 Å². The normalized spacial score (nSPS) is 10.8. The van der Waals surface area contributed by atoms with Gasteiger partial charge >= 0.3 is 0 Å². The molecule has 7 heteroatoms. The maximum atomic E-state index is 12.0. The van der Waals surface area contributed by atoms with Crippen molar-refractivity contribution >= 4 is 28.2 Å². The first-order valence-electron chi connectivity index (χ1n) is 6.75. The number of nitrogen functional groups attached to an aromatic ring is 1. The smallest absolute Gasteiger partial charge is 0.265 e. The summed E-state index contributed by atoms with van der Waals surface area (Å²) in [6, 6.07) is 0. The van der Waals surface area contributed by atoms with Gasteiger partial charge in [0.2, 0.25) is 0 Å². The molecule has 0 fully saturated rings. The quantitative estimate of drug-likeness (QED) is 0.715. The van der Waals surface area contributed by atoms with Crippen molar-refractivity contribution in [1.29, 1.82) is 0 Å². The van der Waals surface area contributed by atoms with Gasteiger partial charge in [-0.25, -0.2) is 4.98 Å². The van der Waals surface area contributed by atoms with E-state index in [-0.39, 0.29) is 12.0 Å². The number of nitrogens with zero attached hydrogens (tertiary/aromatic N) is 2. The lowest BCUT2D eigenvalue weighted by atomic mass is 10.3. The Morgan fingerprint density at radius 1 is 1.45 bits per heavy atom. The molecule has 0 bridgehead atoms. The second kappa shape index (κ2) is 8.06. The van der Waals surface area contributed by atoms with Gasteiger partial charge in [0.25, 0.3) is 5.91 Å². The topological polar surface area (TPSA) is 80.5 Å². The summed E-state index contributed by atoms with van der Waals surface area (Å²) in [5.41, 5.74) is 5.76. The zero-order chi connectivity index (χ0) is 15.1. The molecule has 0 spiro atoms. The molecule has 0 aliphatic rings. The molecule has 6 nitrogen and oxygen atoms in total. The number of anilines is 2. The SMILES string of the molecule is CC(C)OCCCCNC(=O)c1sc(N(C)C)nc1N. The van der Waals surface area contributed by atoms with Gasteiger partial charge in [0, 0.05) is 27.2 Å². The number of nitrogens with two attached hydrogens (primary N) is 1. The molecular formula is C13H24N4O2S. The van der Waals surface area contributed by atoms with E-state index in [0.717, 1.165) is 24.6 Å². The molecule has 0 atom stereocenters. The number of aromatic nitrogens is 1. The largest absolute Gasteiger partial charge is 0.382 e. The lowest BCUT2D eigenvalue weighted by Gasteiger charge is -2.07. The highest BCUT2D eigenvalue weighted by Crippen LogP contribution is 2.26. The van der Waals surface area contributed by atoms with Crippen LogP contribution in [0.5, 0.6) is 0 Å². The first-order valence-corrected chi connectivity index (χ1v) is 7.57. The van der Waals surface area contributed by atoms with Gasteiger partial charge in [-0.1, -0.05) is 11.3 Å². The maximum Gasteiger partial charge on any atom is 0.265 e. The highest BCUT2D eigenvalue weighted by molar-refractivity contribution is 7.18. The first-order chi connectivity index (χ1) is 9.41. The van der Waals surface area contributed by atoms with Crippen molar-refractivity contribution in [3.05, 3.63) is 4.88 Å². The number of unbranched alkanes of at least 4 members (excludes halogenated alkanes) is 1. The lowest BCUT2D eigenvalue weighted by Crippen LogP contribution is -2.24. The van der Waals surface area contributed by atoms with Crippen LogP contribution in [-0.4, -0.2) is 44.2 Å². The summed E-state index contributed by atoms with van der Waals surface area (Å²) in [5, 5.41) is 3.59. The number of carbonyl (C=O) groups excluding carboxylic acids is 1. The molecule has 0 radical (unpaired) electrons. The van der Waals surface area contributed by atoms with Gasteiger partial charge in [-0.3, -0.25) is 4.79 Å². The van der Waals surface area contributed by atoms with E-state index in [9.17, 15) is 4.79 Å². The lowest BCUT2D eigenvalue weighted by molar-refractivity contribution is 0.0754. The number of hydrogen-bond donors (Lipinski definition) is 2. The monoisotopic (exact) mass is 300 g/mol. The van der Waals surface area contributed by atoms with Gasteiger partial charge in [0.05, 0.1) is 6.10 Å². The van der Waals surface area contributed by atoms with Crippen LogP contribution in [0.3, 0.4) is 0 Å². The number of carbonyl (C=O) groups is 1. The zero-order valence-corrected chi connectivity index (χ0v) is 13.4. The second-order valence-corrected chi connectivity index (χ2v) is 5.97. The summed E-state index contributed by atoms with van der Waals surface area (Å²) < 4.78 is 5.44. The standard InChI is InChI=1S/C13H24N4O2S/c1-9(2)19-8-6-5-7-15-12(18)10-11(14)16-13(20-10)17(3)4/h9H,5-8,14H2,1-4H3,(H,15,18). The van der Waals surface area contributed by atoms with Crippen molar-refractivity contribution in [2.24, 2.45) is 0 Å². The van der Waals surface area contributed by atoms with E-state index in [0.29, 0.717) is 17.2 Å². The molecule has 0 aliphatic carbocycles. The van der Waals surface area contributed by atoms with Crippen molar-refractivity contribution in [3.8, 4) is 0 Å². The third-order valence-corrected chi connectivity index (χ3v) is 3.78. The number of amides is 1. The fourth-order valence-corrected chi connectivity index (χ4v) is 2.33. The zero-order valence-electron chi connectivity index (χ0n) is 12.6. The van der Waals surface area contributed by atoms with Crippen LogP contribution in [-0.2, 0) is 4.74 Å². The molecule has 0 unspecified atom stereocenters.